The number of para-hydroxylation sites is 2. The van der Waals surface area contributed by atoms with Gasteiger partial charge in [0.1, 0.15) is 0 Å². The topological polar surface area (TPSA) is 29.9 Å². The molecule has 104 valence electrons. The molecule has 0 saturated carbocycles. The molecular weight excluding hydrogens is 334 g/mol. The molecule has 2 aromatic heterocycles. The summed E-state index contributed by atoms with van der Waals surface area (Å²) in [6.07, 6.45) is 2.94. The fraction of sp³-hybridized carbons (Fsp3) is 0.267. The number of hydrogen-bond acceptors (Lipinski definition) is 3. The second-order valence-electron chi connectivity index (χ2n) is 4.77. The molecule has 3 aromatic rings. The first-order valence-corrected chi connectivity index (χ1v) is 8.24. The highest BCUT2D eigenvalue weighted by Crippen LogP contribution is 2.24. The van der Waals surface area contributed by atoms with E-state index in [1.54, 1.807) is 11.3 Å². The standard InChI is InChI=1S/C15H16BrN3S/c1-17-11(8-15-12(16)6-7-20-15)9-19-10-18-13-4-2-3-5-14(13)19/h2-7,10-11,17H,8-9H2,1H3. The summed E-state index contributed by atoms with van der Waals surface area (Å²) in [6.45, 7) is 0.918. The van der Waals surface area contributed by atoms with Crippen LogP contribution in [-0.2, 0) is 13.0 Å². The number of imidazole rings is 1. The van der Waals surface area contributed by atoms with Gasteiger partial charge in [-0.25, -0.2) is 4.98 Å². The molecule has 1 aromatic carbocycles. The minimum absolute atomic E-state index is 0.391. The molecule has 0 radical (unpaired) electrons. The Morgan fingerprint density at radius 2 is 2.20 bits per heavy atom. The van der Waals surface area contributed by atoms with E-state index in [-0.39, 0.29) is 0 Å². The summed E-state index contributed by atoms with van der Waals surface area (Å²) in [4.78, 5) is 5.83. The lowest BCUT2D eigenvalue weighted by molar-refractivity contribution is 0.487. The number of likely N-dealkylation sites (N-methyl/N-ethyl adjacent to an activating group) is 1. The van der Waals surface area contributed by atoms with Gasteiger partial charge in [0.2, 0.25) is 0 Å². The number of rotatable bonds is 5. The average molecular weight is 350 g/mol. The zero-order valence-corrected chi connectivity index (χ0v) is 13.6. The van der Waals surface area contributed by atoms with E-state index in [9.17, 15) is 0 Å². The number of aromatic nitrogens is 2. The number of benzene rings is 1. The van der Waals surface area contributed by atoms with Crippen LogP contribution in [0, 0.1) is 0 Å². The Hall–Kier alpha value is -1.17. The van der Waals surface area contributed by atoms with Gasteiger partial charge in [-0.15, -0.1) is 11.3 Å². The minimum Gasteiger partial charge on any atom is -0.329 e. The van der Waals surface area contributed by atoms with Crippen molar-refractivity contribution in [1.82, 2.24) is 14.9 Å². The number of hydrogen-bond donors (Lipinski definition) is 1. The van der Waals surface area contributed by atoms with E-state index in [1.807, 2.05) is 19.4 Å². The minimum atomic E-state index is 0.391. The molecule has 0 aliphatic heterocycles. The molecule has 0 aliphatic rings. The summed E-state index contributed by atoms with van der Waals surface area (Å²) in [6, 6.07) is 10.8. The van der Waals surface area contributed by atoms with Gasteiger partial charge in [-0.05, 0) is 53.0 Å². The fourth-order valence-corrected chi connectivity index (χ4v) is 3.94. The number of nitrogens with one attached hydrogen (secondary N) is 1. The molecule has 1 atom stereocenters. The van der Waals surface area contributed by atoms with Crippen molar-refractivity contribution >= 4 is 38.3 Å². The van der Waals surface area contributed by atoms with E-state index >= 15 is 0 Å². The summed E-state index contributed by atoms with van der Waals surface area (Å²) in [5.74, 6) is 0. The highest BCUT2D eigenvalue weighted by atomic mass is 79.9. The summed E-state index contributed by atoms with van der Waals surface area (Å²) < 4.78 is 3.43. The second-order valence-corrected chi connectivity index (χ2v) is 6.62. The van der Waals surface area contributed by atoms with Gasteiger partial charge in [0, 0.05) is 21.9 Å². The van der Waals surface area contributed by atoms with Gasteiger partial charge in [-0.1, -0.05) is 12.1 Å². The van der Waals surface area contributed by atoms with Crippen LogP contribution in [0.5, 0.6) is 0 Å². The summed E-state index contributed by atoms with van der Waals surface area (Å²) in [5, 5.41) is 5.53. The first kappa shape index (κ1) is 13.8. The molecule has 0 bridgehead atoms. The van der Waals surface area contributed by atoms with Gasteiger partial charge in [-0.2, -0.15) is 0 Å². The van der Waals surface area contributed by atoms with Crippen molar-refractivity contribution in [2.45, 2.75) is 19.0 Å². The van der Waals surface area contributed by atoms with E-state index in [1.165, 1.54) is 14.9 Å². The first-order chi connectivity index (χ1) is 9.78. The van der Waals surface area contributed by atoms with Crippen LogP contribution in [0.3, 0.4) is 0 Å². The molecule has 1 N–H and O–H groups in total. The molecule has 3 nitrogen and oxygen atoms in total. The molecule has 2 heterocycles. The molecule has 0 amide bonds. The molecule has 5 heteroatoms. The van der Waals surface area contributed by atoms with Crippen LogP contribution < -0.4 is 5.32 Å². The Bertz CT molecular complexity index is 704. The van der Waals surface area contributed by atoms with Crippen molar-refractivity contribution < 1.29 is 0 Å². The average Bonchev–Trinajstić information content (AvgIpc) is 3.06. The maximum Gasteiger partial charge on any atom is 0.0958 e. The predicted molar refractivity (Wildman–Crippen MR) is 88.3 cm³/mol. The largest absolute Gasteiger partial charge is 0.329 e. The van der Waals surface area contributed by atoms with Gasteiger partial charge >= 0.3 is 0 Å². The predicted octanol–water partition coefficient (Wildman–Crippen LogP) is 3.69. The highest BCUT2D eigenvalue weighted by Gasteiger charge is 2.13. The lowest BCUT2D eigenvalue weighted by Crippen LogP contribution is -2.32. The number of nitrogens with zero attached hydrogens (tertiary/aromatic N) is 2. The number of fused-ring (bicyclic) bond motifs is 1. The Kier molecular flexibility index (Phi) is 4.19. The van der Waals surface area contributed by atoms with Crippen LogP contribution in [0.4, 0.5) is 0 Å². The molecule has 1 unspecified atom stereocenters. The van der Waals surface area contributed by atoms with Crippen molar-refractivity contribution in [3.05, 3.63) is 51.4 Å². The highest BCUT2D eigenvalue weighted by molar-refractivity contribution is 9.10. The normalized spacial score (nSPS) is 12.9. The molecule has 3 rings (SSSR count). The Morgan fingerprint density at radius 3 is 2.95 bits per heavy atom. The smallest absolute Gasteiger partial charge is 0.0958 e. The zero-order valence-electron chi connectivity index (χ0n) is 11.2. The molecule has 0 fully saturated rings. The van der Waals surface area contributed by atoms with Crippen LogP contribution in [0.1, 0.15) is 4.88 Å². The number of halogens is 1. The van der Waals surface area contributed by atoms with Crippen LogP contribution >= 0.6 is 27.3 Å². The molecule has 0 saturated heterocycles. The van der Waals surface area contributed by atoms with Crippen molar-refractivity contribution in [3.8, 4) is 0 Å². The number of thiophene rings is 1. The van der Waals surface area contributed by atoms with Crippen molar-refractivity contribution in [3.63, 3.8) is 0 Å². The molecule has 0 aliphatic carbocycles. The van der Waals surface area contributed by atoms with Crippen molar-refractivity contribution in [2.75, 3.05) is 7.05 Å². The second kappa shape index (κ2) is 6.08. The third kappa shape index (κ3) is 2.80. The van der Waals surface area contributed by atoms with E-state index < -0.39 is 0 Å². The van der Waals surface area contributed by atoms with Crippen LogP contribution in [-0.4, -0.2) is 22.6 Å². The summed E-state index contributed by atoms with van der Waals surface area (Å²) >= 11 is 5.40. The quantitative estimate of drug-likeness (QED) is 0.761. The lowest BCUT2D eigenvalue weighted by Gasteiger charge is -2.17. The van der Waals surface area contributed by atoms with E-state index in [0.717, 1.165) is 18.5 Å². The molecular formula is C15H16BrN3S. The third-order valence-corrected chi connectivity index (χ3v) is 5.42. The molecule has 20 heavy (non-hydrogen) atoms. The Balaban J connectivity index is 1.79. The van der Waals surface area contributed by atoms with Gasteiger partial charge in [0.05, 0.1) is 17.4 Å². The van der Waals surface area contributed by atoms with E-state index in [4.69, 9.17) is 0 Å². The van der Waals surface area contributed by atoms with Gasteiger partial charge in [0.15, 0.2) is 0 Å². The maximum atomic E-state index is 4.45. The van der Waals surface area contributed by atoms with Crippen molar-refractivity contribution in [1.29, 1.82) is 0 Å². The maximum absolute atomic E-state index is 4.45. The lowest BCUT2D eigenvalue weighted by atomic mass is 10.2. The summed E-state index contributed by atoms with van der Waals surface area (Å²) in [7, 11) is 2.02. The monoisotopic (exact) mass is 349 g/mol. The Labute approximate surface area is 130 Å². The fourth-order valence-electron chi connectivity index (χ4n) is 2.35. The van der Waals surface area contributed by atoms with Gasteiger partial charge in [-0.3, -0.25) is 0 Å². The first-order valence-electron chi connectivity index (χ1n) is 6.57. The van der Waals surface area contributed by atoms with E-state index in [0.29, 0.717) is 6.04 Å². The van der Waals surface area contributed by atoms with Crippen LogP contribution in [0.15, 0.2) is 46.5 Å². The zero-order chi connectivity index (χ0) is 13.9. The van der Waals surface area contributed by atoms with Crippen LogP contribution in [0.25, 0.3) is 11.0 Å². The van der Waals surface area contributed by atoms with E-state index in [2.05, 4.69) is 60.4 Å². The van der Waals surface area contributed by atoms with Crippen molar-refractivity contribution in [2.24, 2.45) is 0 Å². The Morgan fingerprint density at radius 1 is 1.35 bits per heavy atom. The van der Waals surface area contributed by atoms with Crippen LogP contribution in [0.2, 0.25) is 0 Å². The summed E-state index contributed by atoms with van der Waals surface area (Å²) in [5.41, 5.74) is 2.25. The third-order valence-electron chi connectivity index (χ3n) is 3.48. The molecule has 0 spiro atoms. The van der Waals surface area contributed by atoms with Gasteiger partial charge < -0.3 is 9.88 Å². The van der Waals surface area contributed by atoms with Gasteiger partial charge in [0.25, 0.3) is 0 Å². The SMILES string of the molecule is CNC(Cc1sccc1Br)Cn1cnc2ccccc21.